The van der Waals surface area contributed by atoms with Crippen molar-refractivity contribution in [2.45, 2.75) is 18.7 Å². The molecule has 0 atom stereocenters. The first-order valence-electron chi connectivity index (χ1n) is 10.5. The second-order valence-corrected chi connectivity index (χ2v) is 9.95. The molecule has 1 fully saturated rings. The molecule has 0 bridgehead atoms. The summed E-state index contributed by atoms with van der Waals surface area (Å²) in [7, 11) is 3.65. The summed E-state index contributed by atoms with van der Waals surface area (Å²) in [4.78, 5) is 24.2. The van der Waals surface area contributed by atoms with Gasteiger partial charge < -0.3 is 9.64 Å². The highest BCUT2D eigenvalue weighted by Gasteiger charge is 2.40. The van der Waals surface area contributed by atoms with Gasteiger partial charge in [-0.25, -0.2) is 4.99 Å². The minimum Gasteiger partial charge on any atom is -0.497 e. The second kappa shape index (κ2) is 8.65. The summed E-state index contributed by atoms with van der Waals surface area (Å²) in [5.74, 6) is 0.729. The van der Waals surface area contributed by atoms with Crippen molar-refractivity contribution >= 4 is 51.7 Å². The normalized spacial score (nSPS) is 18.9. The first-order valence-corrected chi connectivity index (χ1v) is 12.2. The Morgan fingerprint density at radius 2 is 1.67 bits per heavy atom. The molecule has 5 nitrogen and oxygen atoms in total. The van der Waals surface area contributed by atoms with Gasteiger partial charge in [0.05, 0.1) is 29.2 Å². The lowest BCUT2D eigenvalue weighted by atomic mass is 10.2. The molecule has 166 valence electrons. The standard InChI is InChI=1S/C26H23N3O2S2/c1-16-7-5-9-18(13-16)27-26-29(19-10-6-8-17(2)14-19)24(30)23(33-26)25-28(3)21-15-20(31-4)11-12-22(21)32-25/h5-15H,1-4H3. The number of hydrogen-bond acceptors (Lipinski definition) is 6. The van der Waals surface area contributed by atoms with Crippen molar-refractivity contribution in [2.75, 3.05) is 24.0 Å². The highest BCUT2D eigenvalue weighted by atomic mass is 32.2. The SMILES string of the molecule is COc1ccc2c(c1)N(C)C(=C1SC(=Nc3cccc(C)c3)N(c3cccc(C)c3)C1=O)S2. The molecule has 33 heavy (non-hydrogen) atoms. The molecule has 2 aliphatic rings. The van der Waals surface area contributed by atoms with Crippen LogP contribution in [0, 0.1) is 13.8 Å². The number of carbonyl (C=O) groups is 1. The number of amidine groups is 1. The van der Waals surface area contributed by atoms with E-state index in [2.05, 4.69) is 4.90 Å². The number of carbonyl (C=O) groups excluding carboxylic acids is 1. The van der Waals surface area contributed by atoms with E-state index in [-0.39, 0.29) is 5.91 Å². The third-order valence-corrected chi connectivity index (χ3v) is 7.90. The highest BCUT2D eigenvalue weighted by Crippen LogP contribution is 2.51. The van der Waals surface area contributed by atoms with Gasteiger partial charge in [-0.1, -0.05) is 36.0 Å². The third kappa shape index (κ3) is 4.03. The second-order valence-electron chi connectivity index (χ2n) is 7.94. The van der Waals surface area contributed by atoms with Crippen molar-refractivity contribution < 1.29 is 9.53 Å². The van der Waals surface area contributed by atoms with E-state index in [0.717, 1.165) is 43.9 Å². The van der Waals surface area contributed by atoms with Crippen molar-refractivity contribution in [3.05, 3.63) is 87.8 Å². The molecule has 0 radical (unpaired) electrons. The summed E-state index contributed by atoms with van der Waals surface area (Å²) in [5.41, 5.74) is 4.89. The van der Waals surface area contributed by atoms with Gasteiger partial charge in [0.1, 0.15) is 10.7 Å². The molecule has 0 saturated carbocycles. The minimum atomic E-state index is -0.0638. The molecule has 2 aliphatic heterocycles. The molecule has 5 rings (SSSR count). The van der Waals surface area contributed by atoms with Crippen molar-refractivity contribution in [3.63, 3.8) is 0 Å². The monoisotopic (exact) mass is 473 g/mol. The van der Waals surface area contributed by atoms with Crippen LogP contribution in [0.4, 0.5) is 17.1 Å². The number of rotatable bonds is 3. The average Bonchev–Trinajstić information content (AvgIpc) is 3.29. The Labute approximate surface area is 202 Å². The molecule has 2 heterocycles. The zero-order chi connectivity index (χ0) is 23.1. The fourth-order valence-electron chi connectivity index (χ4n) is 3.83. The van der Waals surface area contributed by atoms with E-state index in [1.165, 1.54) is 11.8 Å². The number of fused-ring (bicyclic) bond motifs is 1. The molecular formula is C26H23N3O2S2. The fourth-order valence-corrected chi connectivity index (χ4v) is 6.16. The van der Waals surface area contributed by atoms with Crippen LogP contribution in [0.15, 0.2) is 86.6 Å². The number of amides is 1. The Hall–Kier alpha value is -3.16. The summed E-state index contributed by atoms with van der Waals surface area (Å²) in [5, 5.41) is 1.56. The van der Waals surface area contributed by atoms with Crippen LogP contribution >= 0.6 is 23.5 Å². The van der Waals surface area contributed by atoms with E-state index in [1.807, 2.05) is 87.6 Å². The van der Waals surface area contributed by atoms with E-state index >= 15 is 0 Å². The Bertz CT molecular complexity index is 1330. The number of thioether (sulfide) groups is 2. The molecule has 7 heteroatoms. The molecule has 0 unspecified atom stereocenters. The maximum atomic E-state index is 13.8. The first-order chi connectivity index (χ1) is 15.9. The zero-order valence-corrected chi connectivity index (χ0v) is 20.5. The summed E-state index contributed by atoms with van der Waals surface area (Å²) in [6, 6.07) is 22.0. The van der Waals surface area contributed by atoms with Gasteiger partial charge in [0, 0.05) is 18.0 Å². The lowest BCUT2D eigenvalue weighted by molar-refractivity contribution is -0.113. The van der Waals surface area contributed by atoms with E-state index in [9.17, 15) is 4.79 Å². The summed E-state index contributed by atoms with van der Waals surface area (Å²) >= 11 is 3.02. The number of ether oxygens (including phenoxy) is 1. The first kappa shape index (κ1) is 21.7. The van der Waals surface area contributed by atoms with E-state index < -0.39 is 0 Å². The van der Waals surface area contributed by atoms with E-state index in [0.29, 0.717) is 10.1 Å². The topological polar surface area (TPSA) is 45.1 Å². The fraction of sp³-hybridized carbons (Fsp3) is 0.154. The molecule has 1 saturated heterocycles. The van der Waals surface area contributed by atoms with Crippen LogP contribution in [-0.2, 0) is 4.79 Å². The van der Waals surface area contributed by atoms with E-state index in [4.69, 9.17) is 9.73 Å². The van der Waals surface area contributed by atoms with Crippen LogP contribution in [0.2, 0.25) is 0 Å². The van der Waals surface area contributed by atoms with Crippen LogP contribution in [0.5, 0.6) is 5.75 Å². The molecular weight excluding hydrogens is 450 g/mol. The number of aliphatic imine (C=N–C) groups is 1. The lowest BCUT2D eigenvalue weighted by Crippen LogP contribution is -2.29. The van der Waals surface area contributed by atoms with E-state index in [1.54, 1.807) is 23.8 Å². The number of benzene rings is 3. The Morgan fingerprint density at radius 3 is 2.39 bits per heavy atom. The highest BCUT2D eigenvalue weighted by molar-refractivity contribution is 8.20. The Morgan fingerprint density at radius 1 is 0.909 bits per heavy atom. The Balaban J connectivity index is 1.61. The smallest absolute Gasteiger partial charge is 0.274 e. The van der Waals surface area contributed by atoms with Crippen molar-refractivity contribution in [2.24, 2.45) is 4.99 Å². The zero-order valence-electron chi connectivity index (χ0n) is 18.8. The molecule has 0 spiro atoms. The van der Waals surface area contributed by atoms with Gasteiger partial charge in [-0.15, -0.1) is 0 Å². The van der Waals surface area contributed by atoms with Crippen LogP contribution < -0.4 is 14.5 Å². The molecule has 0 N–H and O–H groups in total. The molecule has 1 amide bonds. The van der Waals surface area contributed by atoms with Gasteiger partial charge in [0.2, 0.25) is 0 Å². The number of anilines is 2. The number of methoxy groups -OCH3 is 1. The van der Waals surface area contributed by atoms with Crippen molar-refractivity contribution in [3.8, 4) is 5.75 Å². The molecule has 0 aliphatic carbocycles. The van der Waals surface area contributed by atoms with Gasteiger partial charge in [0.25, 0.3) is 5.91 Å². The minimum absolute atomic E-state index is 0.0638. The average molecular weight is 474 g/mol. The molecule has 3 aromatic carbocycles. The van der Waals surface area contributed by atoms with Gasteiger partial charge in [-0.05, 0) is 73.1 Å². The maximum absolute atomic E-state index is 13.8. The van der Waals surface area contributed by atoms with Crippen molar-refractivity contribution in [1.29, 1.82) is 0 Å². The molecule has 3 aromatic rings. The summed E-state index contributed by atoms with van der Waals surface area (Å²) in [6.45, 7) is 4.07. The largest absolute Gasteiger partial charge is 0.497 e. The van der Waals surface area contributed by atoms with Gasteiger partial charge >= 0.3 is 0 Å². The Kier molecular flexibility index (Phi) is 5.68. The quantitative estimate of drug-likeness (QED) is 0.407. The maximum Gasteiger partial charge on any atom is 0.274 e. The lowest BCUT2D eigenvalue weighted by Gasteiger charge is -2.17. The summed E-state index contributed by atoms with van der Waals surface area (Å²) < 4.78 is 5.40. The van der Waals surface area contributed by atoms with Crippen LogP contribution in [0.25, 0.3) is 0 Å². The number of hydrogen-bond donors (Lipinski definition) is 0. The van der Waals surface area contributed by atoms with Crippen LogP contribution in [0.1, 0.15) is 11.1 Å². The summed E-state index contributed by atoms with van der Waals surface area (Å²) in [6.07, 6.45) is 0. The number of nitrogens with zero attached hydrogens (tertiary/aromatic N) is 3. The van der Waals surface area contributed by atoms with Gasteiger partial charge in [-0.2, -0.15) is 0 Å². The number of aryl methyl sites for hydroxylation is 2. The van der Waals surface area contributed by atoms with Crippen LogP contribution in [-0.4, -0.2) is 25.2 Å². The predicted octanol–water partition coefficient (Wildman–Crippen LogP) is 6.49. The van der Waals surface area contributed by atoms with Crippen molar-refractivity contribution in [1.82, 2.24) is 0 Å². The third-order valence-electron chi connectivity index (χ3n) is 5.50. The van der Waals surface area contributed by atoms with Gasteiger partial charge in [0.15, 0.2) is 5.17 Å². The molecule has 0 aromatic heterocycles. The predicted molar refractivity (Wildman–Crippen MR) is 139 cm³/mol. The van der Waals surface area contributed by atoms with Gasteiger partial charge in [-0.3, -0.25) is 9.69 Å². The van der Waals surface area contributed by atoms with Crippen LogP contribution in [0.3, 0.4) is 0 Å².